The van der Waals surface area contributed by atoms with Crippen LogP contribution in [0.1, 0.15) is 32.5 Å². The minimum Gasteiger partial charge on any atom is -0.338 e. The van der Waals surface area contributed by atoms with Crippen molar-refractivity contribution in [3.05, 3.63) is 41.8 Å². The maximum atomic E-state index is 13.9. The van der Waals surface area contributed by atoms with Crippen LogP contribution in [0.5, 0.6) is 0 Å². The van der Waals surface area contributed by atoms with Gasteiger partial charge in [0.2, 0.25) is 5.89 Å². The molecule has 8 heteroatoms. The van der Waals surface area contributed by atoms with Crippen LogP contribution in [0, 0.1) is 5.82 Å². The predicted molar refractivity (Wildman–Crippen MR) is 89.0 cm³/mol. The Kier molecular flexibility index (Phi) is 4.40. The van der Waals surface area contributed by atoms with E-state index >= 15 is 0 Å². The molecule has 1 aromatic carbocycles. The van der Waals surface area contributed by atoms with Gasteiger partial charge in [0.25, 0.3) is 0 Å². The molecule has 0 aliphatic heterocycles. The Bertz CT molecular complexity index is 852. The highest BCUT2D eigenvalue weighted by atomic mass is 32.2. The summed E-state index contributed by atoms with van der Waals surface area (Å²) in [5.74, 6) is 1.84. The summed E-state index contributed by atoms with van der Waals surface area (Å²) in [5, 5.41) is 12.9. The van der Waals surface area contributed by atoms with E-state index in [1.807, 2.05) is 20.8 Å². The smallest absolute Gasteiger partial charge is 0.237 e. The fourth-order valence-corrected chi connectivity index (χ4v) is 2.81. The van der Waals surface area contributed by atoms with Crippen molar-refractivity contribution in [2.75, 3.05) is 0 Å². The third kappa shape index (κ3) is 3.33. The molecule has 6 nitrogen and oxygen atoms in total. The zero-order chi connectivity index (χ0) is 17.3. The number of hydrogen-bond acceptors (Lipinski definition) is 6. The van der Waals surface area contributed by atoms with Crippen molar-refractivity contribution in [3.63, 3.8) is 0 Å². The van der Waals surface area contributed by atoms with Crippen molar-refractivity contribution in [1.82, 2.24) is 24.9 Å². The van der Waals surface area contributed by atoms with Crippen LogP contribution < -0.4 is 0 Å². The molecule has 24 heavy (non-hydrogen) atoms. The molecule has 0 N–H and O–H groups in total. The van der Waals surface area contributed by atoms with Crippen LogP contribution in [0.25, 0.3) is 11.4 Å². The quantitative estimate of drug-likeness (QED) is 0.672. The van der Waals surface area contributed by atoms with E-state index in [1.54, 1.807) is 29.8 Å². The second kappa shape index (κ2) is 6.35. The van der Waals surface area contributed by atoms with Crippen molar-refractivity contribution in [2.45, 2.75) is 37.1 Å². The minimum atomic E-state index is -0.323. The number of benzene rings is 1. The zero-order valence-corrected chi connectivity index (χ0v) is 14.8. The molecule has 2 heterocycles. The molecule has 0 atom stereocenters. The largest absolute Gasteiger partial charge is 0.338 e. The van der Waals surface area contributed by atoms with E-state index in [4.69, 9.17) is 4.52 Å². The number of hydrogen-bond donors (Lipinski definition) is 0. The van der Waals surface area contributed by atoms with Gasteiger partial charge < -0.3 is 9.09 Å². The van der Waals surface area contributed by atoms with Gasteiger partial charge in [-0.15, -0.1) is 10.2 Å². The first-order valence-corrected chi connectivity index (χ1v) is 8.45. The Morgan fingerprint density at radius 1 is 1.21 bits per heavy atom. The molecule has 0 spiro atoms. The second-order valence-corrected chi connectivity index (χ2v) is 7.34. The van der Waals surface area contributed by atoms with Gasteiger partial charge in [-0.3, -0.25) is 0 Å². The maximum Gasteiger partial charge on any atom is 0.237 e. The molecular formula is C16H18FN5OS. The van der Waals surface area contributed by atoms with Gasteiger partial charge in [-0.1, -0.05) is 49.8 Å². The fourth-order valence-electron chi connectivity index (χ4n) is 2.06. The molecule has 3 rings (SSSR count). The summed E-state index contributed by atoms with van der Waals surface area (Å²) in [7, 11) is 1.80. The monoisotopic (exact) mass is 347 g/mol. The summed E-state index contributed by atoms with van der Waals surface area (Å²) in [6.45, 7) is 6.08. The Morgan fingerprint density at radius 2 is 1.96 bits per heavy atom. The lowest BCUT2D eigenvalue weighted by molar-refractivity contribution is 0.372. The molecule has 0 aliphatic rings. The fraction of sp³-hybridized carbons (Fsp3) is 0.375. The Balaban J connectivity index is 1.76. The summed E-state index contributed by atoms with van der Waals surface area (Å²) < 4.78 is 20.9. The molecule has 0 amide bonds. The molecule has 0 radical (unpaired) electrons. The maximum absolute atomic E-state index is 13.9. The lowest BCUT2D eigenvalue weighted by Gasteiger charge is -2.10. The van der Waals surface area contributed by atoms with Gasteiger partial charge in [0.05, 0.1) is 11.3 Å². The van der Waals surface area contributed by atoms with E-state index in [2.05, 4.69) is 20.3 Å². The number of nitrogens with zero attached hydrogens (tertiary/aromatic N) is 5. The van der Waals surface area contributed by atoms with E-state index < -0.39 is 0 Å². The second-order valence-electron chi connectivity index (χ2n) is 6.40. The van der Waals surface area contributed by atoms with Crippen molar-refractivity contribution in [2.24, 2.45) is 7.05 Å². The first-order valence-electron chi connectivity index (χ1n) is 7.46. The first kappa shape index (κ1) is 16.6. The van der Waals surface area contributed by atoms with E-state index in [1.165, 1.54) is 17.8 Å². The number of thioether (sulfide) groups is 1. The van der Waals surface area contributed by atoms with Gasteiger partial charge in [0, 0.05) is 12.5 Å². The molecule has 126 valence electrons. The lowest BCUT2D eigenvalue weighted by Crippen LogP contribution is -2.13. The average Bonchev–Trinajstić information content (AvgIpc) is 3.13. The Morgan fingerprint density at radius 3 is 2.62 bits per heavy atom. The molecule has 3 aromatic rings. The summed E-state index contributed by atoms with van der Waals surface area (Å²) in [6, 6.07) is 6.50. The van der Waals surface area contributed by atoms with Crippen LogP contribution in [0.3, 0.4) is 0 Å². The van der Waals surface area contributed by atoms with E-state index in [-0.39, 0.29) is 11.2 Å². The summed E-state index contributed by atoms with van der Waals surface area (Å²) in [5.41, 5.74) is 0.266. The molecular weight excluding hydrogens is 329 g/mol. The summed E-state index contributed by atoms with van der Waals surface area (Å²) in [6.07, 6.45) is 0. The molecule has 0 aliphatic carbocycles. The standard InChI is InChI=1S/C16H18FN5OS/c1-16(2,3)14-18-12(23-21-14)9-24-15-20-19-13(22(15)4)10-7-5-6-8-11(10)17/h5-8H,9H2,1-4H3. The SMILES string of the molecule is Cn1c(SCc2nc(C(C)(C)C)no2)nnc1-c1ccccc1F. The molecule has 0 saturated heterocycles. The number of halogens is 1. The van der Waals surface area contributed by atoms with Gasteiger partial charge in [-0.2, -0.15) is 4.98 Å². The number of aromatic nitrogens is 5. The van der Waals surface area contributed by atoms with Crippen molar-refractivity contribution in [1.29, 1.82) is 0 Å². The highest BCUT2D eigenvalue weighted by Crippen LogP contribution is 2.27. The van der Waals surface area contributed by atoms with Gasteiger partial charge in [0.15, 0.2) is 16.8 Å². The third-order valence-electron chi connectivity index (χ3n) is 3.41. The first-order chi connectivity index (χ1) is 11.4. The highest BCUT2D eigenvalue weighted by molar-refractivity contribution is 7.98. The lowest BCUT2D eigenvalue weighted by atomic mass is 9.96. The van der Waals surface area contributed by atoms with E-state index in [0.29, 0.717) is 34.0 Å². The van der Waals surface area contributed by atoms with E-state index in [0.717, 1.165) is 0 Å². The van der Waals surface area contributed by atoms with Gasteiger partial charge in [0.1, 0.15) is 5.82 Å². The van der Waals surface area contributed by atoms with Gasteiger partial charge >= 0.3 is 0 Å². The minimum absolute atomic E-state index is 0.158. The zero-order valence-electron chi connectivity index (χ0n) is 13.9. The Hall–Kier alpha value is -2.22. The molecule has 2 aromatic heterocycles. The number of rotatable bonds is 4. The topological polar surface area (TPSA) is 69.6 Å². The predicted octanol–water partition coefficient (Wildman–Crippen LogP) is 3.59. The third-order valence-corrected chi connectivity index (χ3v) is 4.42. The normalized spacial score (nSPS) is 11.9. The van der Waals surface area contributed by atoms with Crippen LogP contribution >= 0.6 is 11.8 Å². The van der Waals surface area contributed by atoms with Gasteiger partial charge in [-0.05, 0) is 12.1 Å². The molecule has 0 bridgehead atoms. The van der Waals surface area contributed by atoms with Crippen LogP contribution in [0.2, 0.25) is 0 Å². The van der Waals surface area contributed by atoms with Crippen molar-refractivity contribution in [3.8, 4) is 11.4 Å². The molecule has 0 fully saturated rings. The Labute approximate surface area is 143 Å². The van der Waals surface area contributed by atoms with Crippen LogP contribution in [-0.4, -0.2) is 24.9 Å². The summed E-state index contributed by atoms with van der Waals surface area (Å²) >= 11 is 1.42. The molecule has 0 saturated carbocycles. The van der Waals surface area contributed by atoms with Crippen LogP contribution in [0.15, 0.2) is 33.9 Å². The van der Waals surface area contributed by atoms with Crippen LogP contribution in [-0.2, 0) is 18.2 Å². The van der Waals surface area contributed by atoms with Crippen molar-refractivity contribution < 1.29 is 8.91 Å². The highest BCUT2D eigenvalue weighted by Gasteiger charge is 2.21. The average molecular weight is 347 g/mol. The van der Waals surface area contributed by atoms with Crippen molar-refractivity contribution >= 4 is 11.8 Å². The van der Waals surface area contributed by atoms with Crippen LogP contribution in [0.4, 0.5) is 4.39 Å². The molecule has 0 unspecified atom stereocenters. The van der Waals surface area contributed by atoms with Gasteiger partial charge in [-0.25, -0.2) is 4.39 Å². The summed E-state index contributed by atoms with van der Waals surface area (Å²) in [4.78, 5) is 4.39. The van der Waals surface area contributed by atoms with E-state index in [9.17, 15) is 4.39 Å².